The monoisotopic (exact) mass is 272 g/mol. The van der Waals surface area contributed by atoms with Gasteiger partial charge in [-0.3, -0.25) is 4.79 Å². The van der Waals surface area contributed by atoms with Crippen molar-refractivity contribution >= 4 is 16.9 Å². The number of fused-ring (bicyclic) bond motifs is 1. The number of hydrogen-bond donors (Lipinski definition) is 1. The first kappa shape index (κ1) is 13.2. The molecular weight excluding hydrogens is 252 g/mol. The molecule has 2 aromatic rings. The molecule has 3 rings (SSSR count). The number of benzene rings is 1. The predicted molar refractivity (Wildman–Crippen MR) is 78.8 cm³/mol. The highest BCUT2D eigenvalue weighted by Gasteiger charge is 2.27. The summed E-state index contributed by atoms with van der Waals surface area (Å²) in [4.78, 5) is 14.4. The van der Waals surface area contributed by atoms with Crippen LogP contribution >= 0.6 is 0 Å². The fourth-order valence-corrected chi connectivity index (χ4v) is 2.93. The van der Waals surface area contributed by atoms with Crippen molar-refractivity contribution < 1.29 is 9.21 Å². The highest BCUT2D eigenvalue weighted by Crippen LogP contribution is 2.29. The van der Waals surface area contributed by atoms with E-state index >= 15 is 0 Å². The summed E-state index contributed by atoms with van der Waals surface area (Å²) >= 11 is 0. The Kier molecular flexibility index (Phi) is 3.26. The van der Waals surface area contributed by atoms with Crippen molar-refractivity contribution in [3.63, 3.8) is 0 Å². The maximum Gasteiger partial charge on any atom is 0.289 e. The fourth-order valence-electron chi connectivity index (χ4n) is 2.93. The van der Waals surface area contributed by atoms with Gasteiger partial charge in [0.05, 0.1) is 0 Å². The van der Waals surface area contributed by atoms with Crippen LogP contribution in [0.5, 0.6) is 0 Å². The summed E-state index contributed by atoms with van der Waals surface area (Å²) in [6.07, 6.45) is 1.95. The van der Waals surface area contributed by atoms with Crippen molar-refractivity contribution in [1.82, 2.24) is 4.90 Å². The first-order valence-electron chi connectivity index (χ1n) is 7.11. The van der Waals surface area contributed by atoms with Gasteiger partial charge < -0.3 is 15.1 Å². The number of piperidine rings is 1. The highest BCUT2D eigenvalue weighted by molar-refractivity contribution is 5.99. The Labute approximate surface area is 118 Å². The highest BCUT2D eigenvalue weighted by atomic mass is 16.3. The molecule has 1 aromatic heterocycles. The lowest BCUT2D eigenvalue weighted by molar-refractivity contribution is 0.0678. The molecule has 1 saturated heterocycles. The van der Waals surface area contributed by atoms with E-state index in [1.165, 1.54) is 0 Å². The Morgan fingerprint density at radius 1 is 1.40 bits per heavy atom. The Morgan fingerprint density at radius 2 is 2.20 bits per heavy atom. The molecule has 0 bridgehead atoms. The number of amides is 1. The second-order valence-corrected chi connectivity index (χ2v) is 5.66. The van der Waals surface area contributed by atoms with E-state index < -0.39 is 0 Å². The zero-order valence-electron chi connectivity index (χ0n) is 12.0. The van der Waals surface area contributed by atoms with Gasteiger partial charge in [-0.1, -0.05) is 18.2 Å². The van der Waals surface area contributed by atoms with E-state index in [0.717, 1.165) is 41.5 Å². The molecule has 1 fully saturated rings. The van der Waals surface area contributed by atoms with E-state index in [-0.39, 0.29) is 11.9 Å². The van der Waals surface area contributed by atoms with Crippen molar-refractivity contribution in [2.24, 2.45) is 5.73 Å². The third-order valence-corrected chi connectivity index (χ3v) is 4.10. The lowest BCUT2D eigenvalue weighted by Crippen LogP contribution is -2.45. The van der Waals surface area contributed by atoms with Crippen LogP contribution in [0.1, 0.15) is 34.5 Å². The molecular formula is C16H20N2O2. The van der Waals surface area contributed by atoms with Crippen LogP contribution in [0.4, 0.5) is 0 Å². The Hall–Kier alpha value is -1.81. The molecule has 2 heterocycles. The van der Waals surface area contributed by atoms with Crippen LogP contribution in [0.15, 0.2) is 22.6 Å². The number of carbonyl (C=O) groups excluding carboxylic acids is 1. The zero-order valence-corrected chi connectivity index (χ0v) is 12.0. The van der Waals surface area contributed by atoms with E-state index in [9.17, 15) is 4.79 Å². The summed E-state index contributed by atoms with van der Waals surface area (Å²) in [6.45, 7) is 5.33. The van der Waals surface area contributed by atoms with Gasteiger partial charge in [0.2, 0.25) is 0 Å². The summed E-state index contributed by atoms with van der Waals surface area (Å²) in [5, 5.41) is 1.02. The number of aryl methyl sites for hydroxylation is 2. The second-order valence-electron chi connectivity index (χ2n) is 5.66. The number of para-hydroxylation sites is 1. The number of rotatable bonds is 1. The van der Waals surface area contributed by atoms with Crippen LogP contribution < -0.4 is 5.73 Å². The molecule has 1 amide bonds. The summed E-state index contributed by atoms with van der Waals surface area (Å²) in [5.74, 6) is 0.427. The van der Waals surface area contributed by atoms with E-state index in [4.69, 9.17) is 10.2 Å². The molecule has 20 heavy (non-hydrogen) atoms. The third-order valence-electron chi connectivity index (χ3n) is 4.10. The Balaban J connectivity index is 1.99. The number of nitrogens with zero attached hydrogens (tertiary/aromatic N) is 1. The van der Waals surface area contributed by atoms with Gasteiger partial charge in [0, 0.05) is 30.1 Å². The van der Waals surface area contributed by atoms with Crippen molar-refractivity contribution in [2.45, 2.75) is 32.7 Å². The van der Waals surface area contributed by atoms with Gasteiger partial charge in [-0.15, -0.1) is 0 Å². The molecule has 0 radical (unpaired) electrons. The van der Waals surface area contributed by atoms with Crippen LogP contribution in [0.2, 0.25) is 0 Å². The molecule has 0 aliphatic carbocycles. The van der Waals surface area contributed by atoms with Gasteiger partial charge >= 0.3 is 0 Å². The van der Waals surface area contributed by atoms with Crippen LogP contribution in [-0.4, -0.2) is 29.9 Å². The molecule has 4 heteroatoms. The molecule has 0 spiro atoms. The zero-order chi connectivity index (χ0) is 14.3. The molecule has 2 N–H and O–H groups in total. The quantitative estimate of drug-likeness (QED) is 0.868. The normalized spacial score (nSPS) is 19.6. The van der Waals surface area contributed by atoms with E-state index in [2.05, 4.69) is 0 Å². The molecule has 0 saturated carbocycles. The summed E-state index contributed by atoms with van der Waals surface area (Å²) in [5.41, 5.74) is 8.75. The van der Waals surface area contributed by atoms with Crippen LogP contribution in [0.3, 0.4) is 0 Å². The minimum Gasteiger partial charge on any atom is -0.450 e. The first-order valence-corrected chi connectivity index (χ1v) is 7.11. The maximum atomic E-state index is 12.6. The van der Waals surface area contributed by atoms with Gasteiger partial charge in [-0.05, 0) is 32.3 Å². The fraction of sp³-hybridized carbons (Fsp3) is 0.438. The van der Waals surface area contributed by atoms with E-state index in [0.29, 0.717) is 12.3 Å². The van der Waals surface area contributed by atoms with E-state index in [1.54, 1.807) is 0 Å². The smallest absolute Gasteiger partial charge is 0.289 e. The Bertz CT molecular complexity index is 660. The van der Waals surface area contributed by atoms with Crippen molar-refractivity contribution in [3.05, 3.63) is 35.1 Å². The molecule has 4 nitrogen and oxygen atoms in total. The molecule has 1 aliphatic rings. The largest absolute Gasteiger partial charge is 0.450 e. The molecule has 1 aromatic carbocycles. The number of carbonyl (C=O) groups is 1. The van der Waals surface area contributed by atoms with Crippen molar-refractivity contribution in [3.8, 4) is 0 Å². The lowest BCUT2D eigenvalue weighted by Gasteiger charge is -2.30. The topological polar surface area (TPSA) is 59.5 Å². The SMILES string of the molecule is Cc1c(C(=O)N2CCCC(N)C2)oc2c(C)cccc12. The molecule has 1 atom stereocenters. The molecule has 106 valence electrons. The van der Waals surface area contributed by atoms with Crippen molar-refractivity contribution in [1.29, 1.82) is 0 Å². The molecule has 1 unspecified atom stereocenters. The van der Waals surface area contributed by atoms with Gasteiger partial charge in [-0.25, -0.2) is 0 Å². The van der Waals surface area contributed by atoms with Gasteiger partial charge in [0.1, 0.15) is 5.58 Å². The number of nitrogens with two attached hydrogens (primary N) is 1. The summed E-state index contributed by atoms with van der Waals surface area (Å²) in [7, 11) is 0. The number of hydrogen-bond acceptors (Lipinski definition) is 3. The van der Waals surface area contributed by atoms with Crippen LogP contribution in [0, 0.1) is 13.8 Å². The number of furan rings is 1. The maximum absolute atomic E-state index is 12.6. The van der Waals surface area contributed by atoms with Crippen molar-refractivity contribution in [2.75, 3.05) is 13.1 Å². The minimum absolute atomic E-state index is 0.0340. The average Bonchev–Trinajstić information content (AvgIpc) is 2.77. The van der Waals surface area contributed by atoms with Gasteiger partial charge in [-0.2, -0.15) is 0 Å². The Morgan fingerprint density at radius 3 is 2.90 bits per heavy atom. The van der Waals surface area contributed by atoms with Crippen LogP contribution in [0.25, 0.3) is 11.0 Å². The average molecular weight is 272 g/mol. The third kappa shape index (κ3) is 2.10. The van der Waals surface area contributed by atoms with Gasteiger partial charge in [0.25, 0.3) is 5.91 Å². The van der Waals surface area contributed by atoms with Crippen LogP contribution in [-0.2, 0) is 0 Å². The van der Waals surface area contributed by atoms with Gasteiger partial charge in [0.15, 0.2) is 5.76 Å². The lowest BCUT2D eigenvalue weighted by atomic mass is 10.1. The first-order chi connectivity index (χ1) is 9.58. The summed E-state index contributed by atoms with van der Waals surface area (Å²) < 4.78 is 5.85. The number of likely N-dealkylation sites (tertiary alicyclic amines) is 1. The summed E-state index contributed by atoms with van der Waals surface area (Å²) in [6, 6.07) is 6.07. The predicted octanol–water partition coefficient (Wildman–Crippen LogP) is 2.61. The van der Waals surface area contributed by atoms with E-state index in [1.807, 2.05) is 36.9 Å². The minimum atomic E-state index is -0.0340. The second kappa shape index (κ2) is 4.94. The standard InChI is InChI=1S/C16H20N2O2/c1-10-5-3-7-13-11(2)15(20-14(10)13)16(19)18-8-4-6-12(17)9-18/h3,5,7,12H,4,6,8-9,17H2,1-2H3. The molecule has 1 aliphatic heterocycles.